The number of nitrogens with one attached hydrogen (secondary N) is 1. The van der Waals surface area contributed by atoms with Gasteiger partial charge in [-0.1, -0.05) is 62.4 Å². The molecule has 122 valence electrons. The second-order valence-corrected chi connectivity index (χ2v) is 5.86. The Balaban J connectivity index is 1.96. The standard InChI is InChI=1S/C19H25N3O/c1-15(2)12-21-19(20)22-13-17-10-6-7-11-18(17)23-14-16-8-4-3-5-9-16/h3-11,15H,12-14H2,1-2H3,(H3,20,21,22). The molecule has 3 N–H and O–H groups in total. The van der Waals surface area contributed by atoms with E-state index in [9.17, 15) is 0 Å². The molecule has 0 aliphatic heterocycles. The minimum Gasteiger partial charge on any atom is -0.489 e. The van der Waals surface area contributed by atoms with Crippen LogP contribution in [-0.2, 0) is 13.2 Å². The lowest BCUT2D eigenvalue weighted by Crippen LogP contribution is -2.34. The quantitative estimate of drug-likeness (QED) is 0.609. The van der Waals surface area contributed by atoms with Crippen molar-refractivity contribution in [2.75, 3.05) is 6.54 Å². The first-order valence-corrected chi connectivity index (χ1v) is 7.93. The highest BCUT2D eigenvalue weighted by Crippen LogP contribution is 2.20. The molecule has 0 spiro atoms. The number of ether oxygens (including phenoxy) is 1. The number of guanidine groups is 1. The number of benzene rings is 2. The second kappa shape index (κ2) is 8.83. The van der Waals surface area contributed by atoms with Gasteiger partial charge < -0.3 is 15.8 Å². The monoisotopic (exact) mass is 311 g/mol. The molecular weight excluding hydrogens is 286 g/mol. The third-order valence-electron chi connectivity index (χ3n) is 3.32. The first-order valence-electron chi connectivity index (χ1n) is 7.93. The van der Waals surface area contributed by atoms with Gasteiger partial charge in [0.25, 0.3) is 0 Å². The fourth-order valence-electron chi connectivity index (χ4n) is 2.05. The Hall–Kier alpha value is -2.49. The molecule has 0 atom stereocenters. The van der Waals surface area contributed by atoms with Crippen LogP contribution in [0.2, 0.25) is 0 Å². The van der Waals surface area contributed by atoms with Crippen molar-refractivity contribution in [2.45, 2.75) is 27.0 Å². The van der Waals surface area contributed by atoms with Crippen molar-refractivity contribution in [3.63, 3.8) is 0 Å². The van der Waals surface area contributed by atoms with Gasteiger partial charge in [0.15, 0.2) is 5.96 Å². The van der Waals surface area contributed by atoms with Crippen LogP contribution >= 0.6 is 0 Å². The minimum absolute atomic E-state index is 0.469. The van der Waals surface area contributed by atoms with E-state index in [-0.39, 0.29) is 0 Å². The maximum atomic E-state index is 5.92. The smallest absolute Gasteiger partial charge is 0.188 e. The van der Waals surface area contributed by atoms with E-state index in [0.717, 1.165) is 23.4 Å². The third kappa shape index (κ3) is 6.02. The van der Waals surface area contributed by atoms with E-state index in [2.05, 4.69) is 36.3 Å². The number of para-hydroxylation sites is 1. The zero-order valence-corrected chi connectivity index (χ0v) is 13.8. The van der Waals surface area contributed by atoms with Crippen molar-refractivity contribution in [1.82, 2.24) is 5.32 Å². The molecule has 0 heterocycles. The zero-order chi connectivity index (χ0) is 16.5. The van der Waals surface area contributed by atoms with E-state index in [1.54, 1.807) is 0 Å². The van der Waals surface area contributed by atoms with Crippen molar-refractivity contribution in [3.8, 4) is 5.75 Å². The molecule has 2 rings (SSSR count). The van der Waals surface area contributed by atoms with Crippen molar-refractivity contribution in [1.29, 1.82) is 0 Å². The van der Waals surface area contributed by atoms with E-state index in [4.69, 9.17) is 10.5 Å². The molecule has 0 fully saturated rings. The maximum Gasteiger partial charge on any atom is 0.188 e. The number of hydrogen-bond acceptors (Lipinski definition) is 2. The molecule has 2 aromatic rings. The minimum atomic E-state index is 0.469. The van der Waals surface area contributed by atoms with E-state index >= 15 is 0 Å². The summed E-state index contributed by atoms with van der Waals surface area (Å²) in [5.41, 5.74) is 8.05. The maximum absolute atomic E-state index is 5.92. The van der Waals surface area contributed by atoms with Gasteiger partial charge in [0, 0.05) is 12.1 Å². The molecular formula is C19H25N3O. The molecule has 0 bridgehead atoms. The molecule has 0 unspecified atom stereocenters. The Morgan fingerprint density at radius 1 is 1.09 bits per heavy atom. The Morgan fingerprint density at radius 2 is 1.78 bits per heavy atom. The van der Waals surface area contributed by atoms with Gasteiger partial charge >= 0.3 is 0 Å². The van der Waals surface area contributed by atoms with E-state index in [1.165, 1.54) is 0 Å². The Kier molecular flexibility index (Phi) is 6.48. The van der Waals surface area contributed by atoms with E-state index in [0.29, 0.717) is 25.0 Å². The summed E-state index contributed by atoms with van der Waals surface area (Å²) in [5.74, 6) is 1.85. The molecule has 23 heavy (non-hydrogen) atoms. The molecule has 4 nitrogen and oxygen atoms in total. The van der Waals surface area contributed by atoms with E-state index < -0.39 is 0 Å². The van der Waals surface area contributed by atoms with Crippen molar-refractivity contribution in [2.24, 2.45) is 16.6 Å². The van der Waals surface area contributed by atoms with Gasteiger partial charge in [0.2, 0.25) is 0 Å². The Labute approximate surface area is 138 Å². The van der Waals surface area contributed by atoms with Gasteiger partial charge in [-0.3, -0.25) is 0 Å². The molecule has 0 aromatic heterocycles. The van der Waals surface area contributed by atoms with Crippen molar-refractivity contribution >= 4 is 5.96 Å². The summed E-state index contributed by atoms with van der Waals surface area (Å²) in [6.45, 7) is 6.13. The molecule has 2 aromatic carbocycles. The molecule has 0 aliphatic rings. The van der Waals surface area contributed by atoms with Crippen LogP contribution in [0.3, 0.4) is 0 Å². The molecule has 0 aliphatic carbocycles. The lowest BCUT2D eigenvalue weighted by atomic mass is 10.2. The van der Waals surface area contributed by atoms with Crippen molar-refractivity contribution in [3.05, 3.63) is 65.7 Å². The van der Waals surface area contributed by atoms with Crippen LogP contribution < -0.4 is 15.8 Å². The largest absolute Gasteiger partial charge is 0.489 e. The van der Waals surface area contributed by atoms with Crippen LogP contribution in [-0.4, -0.2) is 12.5 Å². The molecule has 0 saturated heterocycles. The van der Waals surface area contributed by atoms with Crippen LogP contribution in [0.1, 0.15) is 25.0 Å². The van der Waals surface area contributed by atoms with Gasteiger partial charge in [-0.05, 0) is 17.5 Å². The van der Waals surface area contributed by atoms with Gasteiger partial charge in [-0.15, -0.1) is 0 Å². The second-order valence-electron chi connectivity index (χ2n) is 5.86. The fourth-order valence-corrected chi connectivity index (χ4v) is 2.05. The molecule has 0 amide bonds. The molecule has 0 radical (unpaired) electrons. The molecule has 4 heteroatoms. The first-order chi connectivity index (χ1) is 11.1. The highest BCUT2D eigenvalue weighted by Gasteiger charge is 2.03. The number of hydrogen-bond donors (Lipinski definition) is 2. The summed E-state index contributed by atoms with van der Waals surface area (Å²) >= 11 is 0. The highest BCUT2D eigenvalue weighted by atomic mass is 16.5. The number of nitrogens with two attached hydrogens (primary N) is 1. The number of rotatable bonds is 7. The number of nitrogens with zero attached hydrogens (tertiary/aromatic N) is 1. The van der Waals surface area contributed by atoms with Crippen molar-refractivity contribution < 1.29 is 4.74 Å². The van der Waals surface area contributed by atoms with Crippen LogP contribution in [0.15, 0.2) is 59.6 Å². The average Bonchev–Trinajstić information content (AvgIpc) is 2.58. The lowest BCUT2D eigenvalue weighted by Gasteiger charge is -2.11. The van der Waals surface area contributed by atoms with Gasteiger partial charge in [-0.2, -0.15) is 0 Å². The van der Waals surface area contributed by atoms with Gasteiger partial charge in [0.1, 0.15) is 12.4 Å². The van der Waals surface area contributed by atoms with Gasteiger partial charge in [0.05, 0.1) is 6.54 Å². The third-order valence-corrected chi connectivity index (χ3v) is 3.32. The topological polar surface area (TPSA) is 59.6 Å². The predicted octanol–water partition coefficient (Wildman–Crippen LogP) is 3.33. The fraction of sp³-hybridized carbons (Fsp3) is 0.316. The summed E-state index contributed by atoms with van der Waals surface area (Å²) in [7, 11) is 0. The summed E-state index contributed by atoms with van der Waals surface area (Å²) in [6, 6.07) is 18.0. The van der Waals surface area contributed by atoms with Crippen LogP contribution in [0.5, 0.6) is 5.75 Å². The first kappa shape index (κ1) is 16.9. The number of aliphatic imine (C=N–C) groups is 1. The van der Waals surface area contributed by atoms with Gasteiger partial charge in [-0.25, -0.2) is 4.99 Å². The zero-order valence-electron chi connectivity index (χ0n) is 13.8. The normalized spacial score (nSPS) is 11.5. The highest BCUT2D eigenvalue weighted by molar-refractivity contribution is 5.77. The van der Waals surface area contributed by atoms with Crippen LogP contribution in [0.4, 0.5) is 0 Å². The summed E-state index contributed by atoms with van der Waals surface area (Å²) in [5, 5.41) is 3.12. The molecule has 0 saturated carbocycles. The van der Waals surface area contributed by atoms with E-state index in [1.807, 2.05) is 42.5 Å². The Morgan fingerprint density at radius 3 is 2.52 bits per heavy atom. The van der Waals surface area contributed by atoms with Crippen LogP contribution in [0, 0.1) is 5.92 Å². The lowest BCUT2D eigenvalue weighted by molar-refractivity contribution is 0.303. The predicted molar refractivity (Wildman–Crippen MR) is 95.4 cm³/mol. The summed E-state index contributed by atoms with van der Waals surface area (Å²) < 4.78 is 5.92. The SMILES string of the molecule is CC(C)CNC(N)=NCc1ccccc1OCc1ccccc1. The summed E-state index contributed by atoms with van der Waals surface area (Å²) in [6.07, 6.45) is 0. The summed E-state index contributed by atoms with van der Waals surface area (Å²) in [4.78, 5) is 4.39. The average molecular weight is 311 g/mol. The van der Waals surface area contributed by atoms with Crippen LogP contribution in [0.25, 0.3) is 0 Å². The Bertz CT molecular complexity index is 624.